The zero-order chi connectivity index (χ0) is 31.3. The van der Waals surface area contributed by atoms with Crippen LogP contribution in [-0.4, -0.2) is 23.7 Å². The van der Waals surface area contributed by atoms with Crippen molar-refractivity contribution < 1.29 is 22.7 Å². The minimum atomic E-state index is -4.33. The first-order chi connectivity index (χ1) is 21.1. The van der Waals surface area contributed by atoms with E-state index in [0.717, 1.165) is 27.1 Å². The summed E-state index contributed by atoms with van der Waals surface area (Å²) in [6.07, 6.45) is 0. The Bertz CT molecular complexity index is 1870. The smallest absolute Gasteiger partial charge is 0.251 e. The maximum atomic E-state index is 13.7. The predicted octanol–water partition coefficient (Wildman–Crippen LogP) is 7.83. The molecular formula is C34H27Cl2FN2O4S. The lowest BCUT2D eigenvalue weighted by Gasteiger charge is -2.23. The van der Waals surface area contributed by atoms with Gasteiger partial charge in [0.2, 0.25) is 10.0 Å². The Hall–Kier alpha value is -4.21. The second-order valence-electron chi connectivity index (χ2n) is 10.1. The molecule has 5 aromatic carbocycles. The van der Waals surface area contributed by atoms with Crippen molar-refractivity contribution in [3.05, 3.63) is 153 Å². The Morgan fingerprint density at radius 1 is 0.750 bits per heavy atom. The average molecular weight is 650 g/mol. The summed E-state index contributed by atoms with van der Waals surface area (Å²) < 4.78 is 42.1. The van der Waals surface area contributed by atoms with Gasteiger partial charge in [-0.3, -0.25) is 4.79 Å². The van der Waals surface area contributed by atoms with Crippen LogP contribution in [0.15, 0.2) is 120 Å². The van der Waals surface area contributed by atoms with Crippen LogP contribution in [0.2, 0.25) is 10.0 Å². The molecule has 0 bridgehead atoms. The number of carbonyl (C=O) groups is 1. The molecule has 10 heteroatoms. The van der Waals surface area contributed by atoms with Crippen LogP contribution in [0.3, 0.4) is 0 Å². The first-order valence-corrected chi connectivity index (χ1v) is 15.7. The zero-order valence-corrected chi connectivity index (χ0v) is 25.6. The summed E-state index contributed by atoms with van der Waals surface area (Å²) in [6.45, 7) is 0.0987. The molecule has 0 aromatic heterocycles. The quantitative estimate of drug-likeness (QED) is 0.162. The molecule has 5 aromatic rings. The van der Waals surface area contributed by atoms with E-state index in [1.54, 1.807) is 24.3 Å². The van der Waals surface area contributed by atoms with E-state index in [1.165, 1.54) is 30.3 Å². The number of benzene rings is 5. The first-order valence-electron chi connectivity index (χ1n) is 13.5. The number of rotatable bonds is 10. The van der Waals surface area contributed by atoms with E-state index >= 15 is 0 Å². The summed E-state index contributed by atoms with van der Waals surface area (Å²) >= 11 is 12.1. The molecule has 0 unspecified atom stereocenters. The van der Waals surface area contributed by atoms with Gasteiger partial charge in [-0.2, -0.15) is 4.31 Å². The monoisotopic (exact) mass is 648 g/mol. The van der Waals surface area contributed by atoms with Gasteiger partial charge in [0.1, 0.15) is 10.7 Å². The number of sulfonamides is 1. The summed E-state index contributed by atoms with van der Waals surface area (Å²) in [5.41, 5.74) is 4.65. The Morgan fingerprint density at radius 3 is 1.91 bits per heavy atom. The number of hydrogen-bond donors (Lipinski definition) is 2. The molecule has 1 amide bonds. The molecule has 2 N–H and O–H groups in total. The van der Waals surface area contributed by atoms with Crippen LogP contribution < -0.4 is 5.32 Å². The minimum absolute atomic E-state index is 0.0376. The first kappa shape index (κ1) is 31.2. The van der Waals surface area contributed by atoms with Gasteiger partial charge in [-0.05, 0) is 64.2 Å². The van der Waals surface area contributed by atoms with Gasteiger partial charge >= 0.3 is 0 Å². The number of aromatic hydroxyl groups is 1. The number of carbonyl (C=O) groups excluding carboxylic acids is 1. The molecule has 0 radical (unpaired) electrons. The van der Waals surface area contributed by atoms with Gasteiger partial charge in [-0.15, -0.1) is 0 Å². The third-order valence-electron chi connectivity index (χ3n) is 6.97. The molecular weight excluding hydrogens is 622 g/mol. The highest BCUT2D eigenvalue weighted by Gasteiger charge is 2.29. The van der Waals surface area contributed by atoms with Gasteiger partial charge < -0.3 is 10.4 Å². The highest BCUT2D eigenvalue weighted by molar-refractivity contribution is 7.89. The molecule has 0 aliphatic heterocycles. The van der Waals surface area contributed by atoms with E-state index in [0.29, 0.717) is 23.2 Å². The molecule has 0 fully saturated rings. The lowest BCUT2D eigenvalue weighted by atomic mass is 10.0. The maximum absolute atomic E-state index is 13.7. The summed E-state index contributed by atoms with van der Waals surface area (Å²) in [6, 6.07) is 32.3. The summed E-state index contributed by atoms with van der Waals surface area (Å²) in [4.78, 5) is 12.4. The third kappa shape index (κ3) is 7.46. The molecule has 0 heterocycles. The van der Waals surface area contributed by atoms with Crippen LogP contribution in [0, 0.1) is 5.82 Å². The fourth-order valence-corrected chi connectivity index (χ4v) is 6.75. The number of hydrogen-bond acceptors (Lipinski definition) is 4. The molecule has 44 heavy (non-hydrogen) atoms. The second-order valence-corrected chi connectivity index (χ2v) is 12.8. The number of phenolic OH excluding ortho intramolecular Hbond substituents is 1. The van der Waals surface area contributed by atoms with Crippen molar-refractivity contribution in [1.82, 2.24) is 9.62 Å². The Kier molecular flexibility index (Phi) is 9.66. The predicted molar refractivity (Wildman–Crippen MR) is 170 cm³/mol. The zero-order valence-electron chi connectivity index (χ0n) is 23.3. The summed E-state index contributed by atoms with van der Waals surface area (Å²) in [5, 5.41) is 13.2. The van der Waals surface area contributed by atoms with Crippen LogP contribution in [0.4, 0.5) is 4.39 Å². The van der Waals surface area contributed by atoms with Crippen molar-refractivity contribution in [2.24, 2.45) is 0 Å². The number of phenols is 1. The van der Waals surface area contributed by atoms with Crippen LogP contribution >= 0.6 is 23.2 Å². The normalized spacial score (nSPS) is 11.5. The van der Waals surface area contributed by atoms with E-state index in [1.807, 2.05) is 54.6 Å². The number of nitrogens with zero attached hydrogens (tertiary/aromatic N) is 1. The van der Waals surface area contributed by atoms with Crippen molar-refractivity contribution >= 4 is 39.1 Å². The van der Waals surface area contributed by atoms with Crippen molar-refractivity contribution in [3.8, 4) is 16.9 Å². The molecule has 224 valence electrons. The maximum Gasteiger partial charge on any atom is 0.251 e. The standard InChI is InChI=1S/C34H27Cl2FN2O4S/c35-29-18-31(36)33(40)32(19-29)44(42,43)39(22-25-10-16-30(37)17-11-25)21-24-8-14-28(15-9-24)34(41)38-20-23-6-12-27(13-7-23)26-4-2-1-3-5-26/h1-19,40H,20-22H2,(H,38,41). The molecule has 5 rings (SSSR count). The van der Waals surface area contributed by atoms with Gasteiger partial charge in [0.25, 0.3) is 5.91 Å². The van der Waals surface area contributed by atoms with Gasteiger partial charge in [-0.1, -0.05) is 102 Å². The Labute approximate surface area is 265 Å². The SMILES string of the molecule is O=C(NCc1ccc(-c2ccccc2)cc1)c1ccc(CN(Cc2ccc(F)cc2)S(=O)(=O)c2cc(Cl)cc(Cl)c2O)cc1. The number of amides is 1. The lowest BCUT2D eigenvalue weighted by molar-refractivity contribution is 0.0951. The highest BCUT2D eigenvalue weighted by Crippen LogP contribution is 2.36. The van der Waals surface area contributed by atoms with Crippen molar-refractivity contribution in [1.29, 1.82) is 0 Å². The third-order valence-corrected chi connectivity index (χ3v) is 9.28. The number of halogens is 3. The van der Waals surface area contributed by atoms with E-state index < -0.39 is 26.5 Å². The van der Waals surface area contributed by atoms with Gasteiger partial charge in [0.05, 0.1) is 5.02 Å². The topological polar surface area (TPSA) is 86.7 Å². The van der Waals surface area contributed by atoms with Gasteiger partial charge in [-0.25, -0.2) is 12.8 Å². The van der Waals surface area contributed by atoms with Crippen molar-refractivity contribution in [2.45, 2.75) is 24.5 Å². The van der Waals surface area contributed by atoms with Crippen LogP contribution in [-0.2, 0) is 29.7 Å². The molecule has 0 saturated carbocycles. The average Bonchev–Trinajstić information content (AvgIpc) is 3.03. The molecule has 0 aliphatic carbocycles. The second kappa shape index (κ2) is 13.6. The fourth-order valence-electron chi connectivity index (χ4n) is 4.59. The summed E-state index contributed by atoms with van der Waals surface area (Å²) in [7, 11) is -4.33. The van der Waals surface area contributed by atoms with Crippen LogP contribution in [0.1, 0.15) is 27.0 Å². The summed E-state index contributed by atoms with van der Waals surface area (Å²) in [5.74, 6) is -1.36. The van der Waals surface area contributed by atoms with E-state index in [2.05, 4.69) is 5.32 Å². The molecule has 0 spiro atoms. The van der Waals surface area contributed by atoms with Crippen molar-refractivity contribution in [2.75, 3.05) is 0 Å². The van der Waals surface area contributed by atoms with E-state index in [9.17, 15) is 22.7 Å². The Morgan fingerprint density at radius 2 is 1.30 bits per heavy atom. The molecule has 6 nitrogen and oxygen atoms in total. The van der Waals surface area contributed by atoms with Gasteiger partial charge in [0.15, 0.2) is 5.75 Å². The molecule has 0 atom stereocenters. The van der Waals surface area contributed by atoms with E-state index in [4.69, 9.17) is 23.2 Å². The molecule has 0 saturated heterocycles. The number of nitrogens with one attached hydrogen (secondary N) is 1. The van der Waals surface area contributed by atoms with Crippen molar-refractivity contribution in [3.63, 3.8) is 0 Å². The van der Waals surface area contributed by atoms with Crippen LogP contribution in [0.5, 0.6) is 5.75 Å². The van der Waals surface area contributed by atoms with Crippen LogP contribution in [0.25, 0.3) is 11.1 Å². The fraction of sp³-hybridized carbons (Fsp3) is 0.0882. The minimum Gasteiger partial charge on any atom is -0.505 e. The highest BCUT2D eigenvalue weighted by atomic mass is 35.5. The van der Waals surface area contributed by atoms with Gasteiger partial charge in [0, 0.05) is 30.2 Å². The van der Waals surface area contributed by atoms with E-state index in [-0.39, 0.29) is 29.0 Å². The Balaban J connectivity index is 1.30. The molecule has 0 aliphatic rings. The lowest BCUT2D eigenvalue weighted by Crippen LogP contribution is -2.30. The largest absolute Gasteiger partial charge is 0.505 e.